The molecule has 0 saturated heterocycles. The number of para-hydroxylation sites is 1. The molecule has 0 saturated carbocycles. The van der Waals surface area contributed by atoms with Crippen molar-refractivity contribution < 1.29 is 4.79 Å². The molecule has 0 aliphatic rings. The van der Waals surface area contributed by atoms with Gasteiger partial charge in [0, 0.05) is 30.1 Å². The van der Waals surface area contributed by atoms with E-state index in [-0.39, 0.29) is 11.8 Å². The van der Waals surface area contributed by atoms with Gasteiger partial charge in [0.15, 0.2) is 0 Å². The van der Waals surface area contributed by atoms with Crippen molar-refractivity contribution in [2.45, 2.75) is 39.0 Å². The molecule has 0 aliphatic heterocycles. The normalized spacial score (nSPS) is 12.4. The number of hydrogen-bond donors (Lipinski definition) is 2. The maximum absolute atomic E-state index is 12.5. The highest BCUT2D eigenvalue weighted by molar-refractivity contribution is 5.85. The van der Waals surface area contributed by atoms with Gasteiger partial charge in [0.2, 0.25) is 5.91 Å². The summed E-state index contributed by atoms with van der Waals surface area (Å²) in [5.41, 5.74) is 3.70. The van der Waals surface area contributed by atoms with Crippen LogP contribution in [0.1, 0.15) is 43.7 Å². The first kappa shape index (κ1) is 18.2. The van der Waals surface area contributed by atoms with Crippen molar-refractivity contribution in [2.75, 3.05) is 6.54 Å². The smallest absolute Gasteiger partial charge is 0.220 e. The number of benzene rings is 2. The Hall–Kier alpha value is -2.55. The van der Waals surface area contributed by atoms with E-state index in [0.717, 1.165) is 24.9 Å². The van der Waals surface area contributed by atoms with Crippen LogP contribution in [0.5, 0.6) is 0 Å². The second kappa shape index (κ2) is 8.70. The van der Waals surface area contributed by atoms with E-state index in [0.29, 0.717) is 12.3 Å². The number of nitrogens with one attached hydrogen (secondary N) is 2. The number of amides is 1. The molecule has 2 N–H and O–H groups in total. The molecule has 0 radical (unpaired) electrons. The molecular formula is C23H28N2O. The Labute approximate surface area is 155 Å². The number of aromatic amines is 1. The monoisotopic (exact) mass is 348 g/mol. The van der Waals surface area contributed by atoms with Gasteiger partial charge in [0.1, 0.15) is 0 Å². The van der Waals surface area contributed by atoms with Gasteiger partial charge in [-0.05, 0) is 41.9 Å². The Kier molecular flexibility index (Phi) is 6.11. The van der Waals surface area contributed by atoms with Crippen molar-refractivity contribution in [3.8, 4) is 0 Å². The summed E-state index contributed by atoms with van der Waals surface area (Å²) < 4.78 is 0. The Morgan fingerprint density at radius 3 is 2.54 bits per heavy atom. The van der Waals surface area contributed by atoms with E-state index in [2.05, 4.69) is 72.8 Å². The molecule has 26 heavy (non-hydrogen) atoms. The first-order chi connectivity index (χ1) is 12.6. The number of H-pyrrole nitrogens is 1. The molecule has 136 valence electrons. The van der Waals surface area contributed by atoms with Crippen molar-refractivity contribution in [2.24, 2.45) is 5.92 Å². The second-order valence-corrected chi connectivity index (χ2v) is 7.41. The van der Waals surface area contributed by atoms with Crippen LogP contribution in [0.25, 0.3) is 10.9 Å². The summed E-state index contributed by atoms with van der Waals surface area (Å²) in [6.45, 7) is 4.97. The highest BCUT2D eigenvalue weighted by Crippen LogP contribution is 2.31. The van der Waals surface area contributed by atoms with E-state index in [4.69, 9.17) is 0 Å². The fourth-order valence-electron chi connectivity index (χ4n) is 3.40. The number of fused-ring (bicyclic) bond motifs is 1. The number of aryl methyl sites for hydroxylation is 1. The second-order valence-electron chi connectivity index (χ2n) is 7.41. The molecule has 3 aromatic rings. The largest absolute Gasteiger partial charge is 0.361 e. The van der Waals surface area contributed by atoms with Gasteiger partial charge in [0.05, 0.1) is 0 Å². The lowest BCUT2D eigenvalue weighted by atomic mass is 9.89. The van der Waals surface area contributed by atoms with Crippen LogP contribution in [0, 0.1) is 5.92 Å². The predicted octanol–water partition coefficient (Wildman–Crippen LogP) is 5.05. The number of hydrogen-bond acceptors (Lipinski definition) is 1. The van der Waals surface area contributed by atoms with Crippen LogP contribution in [0.15, 0.2) is 60.8 Å². The molecule has 1 aromatic heterocycles. The van der Waals surface area contributed by atoms with Crippen molar-refractivity contribution >= 4 is 16.8 Å². The van der Waals surface area contributed by atoms with E-state index in [9.17, 15) is 4.79 Å². The van der Waals surface area contributed by atoms with Gasteiger partial charge >= 0.3 is 0 Å². The van der Waals surface area contributed by atoms with Crippen molar-refractivity contribution in [3.63, 3.8) is 0 Å². The van der Waals surface area contributed by atoms with E-state index in [1.165, 1.54) is 16.5 Å². The topological polar surface area (TPSA) is 44.9 Å². The van der Waals surface area contributed by atoms with Crippen LogP contribution in [-0.2, 0) is 11.2 Å². The Morgan fingerprint density at radius 1 is 1.04 bits per heavy atom. The highest BCUT2D eigenvalue weighted by atomic mass is 16.1. The Bertz CT molecular complexity index is 836. The molecule has 3 heteroatoms. The fraction of sp³-hybridized carbons (Fsp3) is 0.348. The summed E-state index contributed by atoms with van der Waals surface area (Å²) in [4.78, 5) is 15.8. The van der Waals surface area contributed by atoms with Gasteiger partial charge in [-0.25, -0.2) is 0 Å². The summed E-state index contributed by atoms with van der Waals surface area (Å²) in [6, 6.07) is 18.8. The molecule has 3 nitrogen and oxygen atoms in total. The van der Waals surface area contributed by atoms with Crippen LogP contribution < -0.4 is 5.32 Å². The standard InChI is InChI=1S/C23H28N2O/c1-17(2)15-25-23(26)14-19(13-12-18-8-4-3-5-9-18)21-16-24-22-11-7-6-10-20(21)22/h3-11,16-17,19,24H,12-15H2,1-2H3,(H,25,26)/t19-/m0/s1. The van der Waals surface area contributed by atoms with Gasteiger partial charge in [-0.1, -0.05) is 62.4 Å². The van der Waals surface area contributed by atoms with Crippen molar-refractivity contribution in [1.29, 1.82) is 0 Å². The predicted molar refractivity (Wildman–Crippen MR) is 108 cm³/mol. The van der Waals surface area contributed by atoms with Gasteiger partial charge in [-0.2, -0.15) is 0 Å². The maximum atomic E-state index is 12.5. The van der Waals surface area contributed by atoms with Gasteiger partial charge < -0.3 is 10.3 Å². The van der Waals surface area contributed by atoms with E-state index < -0.39 is 0 Å². The zero-order chi connectivity index (χ0) is 18.4. The van der Waals surface area contributed by atoms with Crippen molar-refractivity contribution in [1.82, 2.24) is 10.3 Å². The zero-order valence-corrected chi connectivity index (χ0v) is 15.7. The summed E-state index contributed by atoms with van der Waals surface area (Å²) in [5, 5.41) is 4.30. The van der Waals surface area contributed by atoms with Crippen LogP contribution in [0.2, 0.25) is 0 Å². The van der Waals surface area contributed by atoms with Crippen LogP contribution in [0.4, 0.5) is 0 Å². The van der Waals surface area contributed by atoms with Gasteiger partial charge in [-0.3, -0.25) is 4.79 Å². The fourth-order valence-corrected chi connectivity index (χ4v) is 3.40. The minimum absolute atomic E-state index is 0.141. The summed E-state index contributed by atoms with van der Waals surface area (Å²) in [6.07, 6.45) is 4.54. The molecule has 1 amide bonds. The lowest BCUT2D eigenvalue weighted by molar-refractivity contribution is -0.121. The third-order valence-corrected chi connectivity index (χ3v) is 4.82. The molecule has 0 fully saturated rings. The third kappa shape index (κ3) is 4.75. The van der Waals surface area contributed by atoms with Crippen LogP contribution >= 0.6 is 0 Å². The number of rotatable bonds is 8. The Balaban J connectivity index is 1.77. The lowest BCUT2D eigenvalue weighted by Gasteiger charge is -2.17. The third-order valence-electron chi connectivity index (χ3n) is 4.82. The van der Waals surface area contributed by atoms with E-state index in [1.807, 2.05) is 12.1 Å². The summed E-state index contributed by atoms with van der Waals surface area (Å²) in [7, 11) is 0. The molecule has 3 rings (SSSR count). The highest BCUT2D eigenvalue weighted by Gasteiger charge is 2.19. The molecule has 0 aliphatic carbocycles. The molecule has 0 bridgehead atoms. The molecule has 1 atom stereocenters. The molecule has 2 aromatic carbocycles. The van der Waals surface area contributed by atoms with Gasteiger partial charge in [-0.15, -0.1) is 0 Å². The molecular weight excluding hydrogens is 320 g/mol. The summed E-state index contributed by atoms with van der Waals surface area (Å²) in [5.74, 6) is 0.815. The molecule has 0 spiro atoms. The average molecular weight is 348 g/mol. The van der Waals surface area contributed by atoms with Gasteiger partial charge in [0.25, 0.3) is 0 Å². The first-order valence-corrected chi connectivity index (χ1v) is 9.50. The molecule has 1 heterocycles. The van der Waals surface area contributed by atoms with Crippen molar-refractivity contribution in [3.05, 3.63) is 71.9 Å². The summed E-state index contributed by atoms with van der Waals surface area (Å²) >= 11 is 0. The minimum atomic E-state index is 0.141. The number of aromatic nitrogens is 1. The maximum Gasteiger partial charge on any atom is 0.220 e. The number of carbonyl (C=O) groups excluding carboxylic acids is 1. The zero-order valence-electron chi connectivity index (χ0n) is 15.7. The van der Waals surface area contributed by atoms with E-state index in [1.54, 1.807) is 0 Å². The average Bonchev–Trinajstić information content (AvgIpc) is 3.08. The van der Waals surface area contributed by atoms with Crippen LogP contribution in [-0.4, -0.2) is 17.4 Å². The van der Waals surface area contributed by atoms with Crippen LogP contribution in [0.3, 0.4) is 0 Å². The number of carbonyl (C=O) groups is 1. The van der Waals surface area contributed by atoms with E-state index >= 15 is 0 Å². The first-order valence-electron chi connectivity index (χ1n) is 9.50. The minimum Gasteiger partial charge on any atom is -0.361 e. The lowest BCUT2D eigenvalue weighted by Crippen LogP contribution is -2.28. The molecule has 0 unspecified atom stereocenters. The Morgan fingerprint density at radius 2 is 1.77 bits per heavy atom. The quantitative estimate of drug-likeness (QED) is 0.588. The SMILES string of the molecule is CC(C)CNC(=O)C[C@H](CCc1ccccc1)c1c[nH]c2ccccc12.